The standard InChI is InChI=1S/C20H20ClFN2O3S/c1-3-27-19(25)13-5-7-18-17(10-13)23-20(24(18)8-9-26-2)28-12-14-4-6-15(22)11-16(14)21/h4-7,10-11H,3,8-9,12H2,1-2H3. The summed E-state index contributed by atoms with van der Waals surface area (Å²) >= 11 is 7.63. The zero-order valence-corrected chi connectivity index (χ0v) is 17.1. The second-order valence-electron chi connectivity index (χ2n) is 5.99. The second-order valence-corrected chi connectivity index (χ2v) is 7.34. The van der Waals surface area contributed by atoms with Gasteiger partial charge in [0.2, 0.25) is 0 Å². The van der Waals surface area contributed by atoms with E-state index in [1.54, 1.807) is 32.2 Å². The first-order valence-corrected chi connectivity index (χ1v) is 10.1. The van der Waals surface area contributed by atoms with E-state index in [9.17, 15) is 9.18 Å². The molecule has 8 heteroatoms. The monoisotopic (exact) mass is 422 g/mol. The van der Waals surface area contributed by atoms with E-state index in [0.29, 0.717) is 41.6 Å². The Balaban J connectivity index is 1.91. The fourth-order valence-corrected chi connectivity index (χ4v) is 4.10. The van der Waals surface area contributed by atoms with Crippen LogP contribution in [0.4, 0.5) is 4.39 Å². The van der Waals surface area contributed by atoms with E-state index in [-0.39, 0.29) is 11.8 Å². The average Bonchev–Trinajstić information content (AvgIpc) is 3.02. The van der Waals surface area contributed by atoms with Crippen molar-refractivity contribution in [2.45, 2.75) is 24.4 Å². The minimum absolute atomic E-state index is 0.318. The van der Waals surface area contributed by atoms with E-state index in [1.165, 1.54) is 23.9 Å². The van der Waals surface area contributed by atoms with Gasteiger partial charge in [-0.25, -0.2) is 14.2 Å². The number of ether oxygens (including phenoxy) is 2. The first-order valence-electron chi connectivity index (χ1n) is 8.76. The predicted octanol–water partition coefficient (Wildman–Crippen LogP) is 4.94. The van der Waals surface area contributed by atoms with Gasteiger partial charge in [0.15, 0.2) is 5.16 Å². The number of thioether (sulfide) groups is 1. The first kappa shape index (κ1) is 20.6. The number of fused-ring (bicyclic) bond motifs is 1. The molecule has 0 saturated carbocycles. The summed E-state index contributed by atoms with van der Waals surface area (Å²) in [5.74, 6) is -0.194. The van der Waals surface area contributed by atoms with Crippen LogP contribution in [0.25, 0.3) is 11.0 Å². The topological polar surface area (TPSA) is 53.3 Å². The van der Waals surface area contributed by atoms with Crippen molar-refractivity contribution in [2.75, 3.05) is 20.3 Å². The van der Waals surface area contributed by atoms with Crippen LogP contribution in [0, 0.1) is 5.82 Å². The van der Waals surface area contributed by atoms with Crippen molar-refractivity contribution in [3.63, 3.8) is 0 Å². The molecule has 0 saturated heterocycles. The highest BCUT2D eigenvalue weighted by molar-refractivity contribution is 7.98. The third kappa shape index (κ3) is 4.66. The van der Waals surface area contributed by atoms with Gasteiger partial charge in [-0.1, -0.05) is 29.4 Å². The summed E-state index contributed by atoms with van der Waals surface area (Å²) in [6.45, 7) is 3.23. The van der Waals surface area contributed by atoms with Gasteiger partial charge in [-0.2, -0.15) is 0 Å². The van der Waals surface area contributed by atoms with Crippen LogP contribution in [0.5, 0.6) is 0 Å². The number of carbonyl (C=O) groups is 1. The van der Waals surface area contributed by atoms with Crippen molar-refractivity contribution in [3.05, 3.63) is 58.4 Å². The Bertz CT molecular complexity index is 993. The van der Waals surface area contributed by atoms with Gasteiger partial charge in [0, 0.05) is 24.4 Å². The molecule has 28 heavy (non-hydrogen) atoms. The summed E-state index contributed by atoms with van der Waals surface area (Å²) in [4.78, 5) is 16.7. The van der Waals surface area contributed by atoms with Gasteiger partial charge in [-0.3, -0.25) is 0 Å². The number of imidazole rings is 1. The molecule has 0 bridgehead atoms. The lowest BCUT2D eigenvalue weighted by Gasteiger charge is -2.09. The van der Waals surface area contributed by atoms with E-state index in [4.69, 9.17) is 21.1 Å². The molecule has 0 atom stereocenters. The number of halogens is 2. The Morgan fingerprint density at radius 3 is 2.82 bits per heavy atom. The average molecular weight is 423 g/mol. The Kier molecular flexibility index (Phi) is 6.93. The van der Waals surface area contributed by atoms with Crippen LogP contribution in [-0.2, 0) is 21.8 Å². The van der Waals surface area contributed by atoms with E-state index < -0.39 is 0 Å². The molecule has 3 rings (SSSR count). The number of nitrogens with zero attached hydrogens (tertiary/aromatic N) is 2. The van der Waals surface area contributed by atoms with E-state index in [0.717, 1.165) is 16.2 Å². The van der Waals surface area contributed by atoms with Gasteiger partial charge in [-0.05, 0) is 42.8 Å². The molecule has 1 heterocycles. The maximum absolute atomic E-state index is 13.3. The van der Waals surface area contributed by atoms with Gasteiger partial charge in [0.25, 0.3) is 0 Å². The lowest BCUT2D eigenvalue weighted by atomic mass is 10.2. The Morgan fingerprint density at radius 2 is 2.11 bits per heavy atom. The van der Waals surface area contributed by atoms with Crippen molar-refractivity contribution in [1.82, 2.24) is 9.55 Å². The minimum Gasteiger partial charge on any atom is -0.462 e. The highest BCUT2D eigenvalue weighted by atomic mass is 35.5. The number of rotatable bonds is 8. The molecule has 0 aliphatic rings. The quantitative estimate of drug-likeness (QED) is 0.380. The van der Waals surface area contributed by atoms with Gasteiger partial charge in [0.05, 0.1) is 29.8 Å². The lowest BCUT2D eigenvalue weighted by molar-refractivity contribution is 0.0526. The summed E-state index contributed by atoms with van der Waals surface area (Å²) in [5.41, 5.74) is 2.89. The van der Waals surface area contributed by atoms with Crippen molar-refractivity contribution in [1.29, 1.82) is 0 Å². The number of carbonyl (C=O) groups excluding carboxylic acids is 1. The fourth-order valence-electron chi connectivity index (χ4n) is 2.74. The molecule has 0 aliphatic carbocycles. The number of esters is 1. The number of aromatic nitrogens is 2. The van der Waals surface area contributed by atoms with E-state index in [1.807, 2.05) is 10.6 Å². The predicted molar refractivity (Wildman–Crippen MR) is 109 cm³/mol. The Hall–Kier alpha value is -2.09. The van der Waals surface area contributed by atoms with Crippen LogP contribution >= 0.6 is 23.4 Å². The van der Waals surface area contributed by atoms with Gasteiger partial charge in [0.1, 0.15) is 5.82 Å². The molecule has 0 unspecified atom stereocenters. The van der Waals surface area contributed by atoms with Crippen LogP contribution in [0.1, 0.15) is 22.8 Å². The molecular weight excluding hydrogens is 403 g/mol. The van der Waals surface area contributed by atoms with Gasteiger partial charge >= 0.3 is 5.97 Å². The molecular formula is C20H20ClFN2O3S. The maximum Gasteiger partial charge on any atom is 0.338 e. The molecule has 1 aromatic heterocycles. The Labute approximate surface area is 171 Å². The third-order valence-corrected chi connectivity index (χ3v) is 5.49. The molecule has 0 aliphatic heterocycles. The molecule has 3 aromatic rings. The molecule has 5 nitrogen and oxygen atoms in total. The highest BCUT2D eigenvalue weighted by Crippen LogP contribution is 2.30. The summed E-state index contributed by atoms with van der Waals surface area (Å²) in [6.07, 6.45) is 0. The number of hydrogen-bond acceptors (Lipinski definition) is 5. The molecule has 2 aromatic carbocycles. The van der Waals surface area contributed by atoms with Crippen LogP contribution in [0.2, 0.25) is 5.02 Å². The molecule has 0 spiro atoms. The van der Waals surface area contributed by atoms with Gasteiger partial charge < -0.3 is 14.0 Å². The normalized spacial score (nSPS) is 11.1. The van der Waals surface area contributed by atoms with Crippen LogP contribution in [0.3, 0.4) is 0 Å². The summed E-state index contributed by atoms with van der Waals surface area (Å²) in [5, 5.41) is 1.16. The van der Waals surface area contributed by atoms with Gasteiger partial charge in [-0.15, -0.1) is 0 Å². The zero-order chi connectivity index (χ0) is 20.1. The SMILES string of the molecule is CCOC(=O)c1ccc2c(c1)nc(SCc1ccc(F)cc1Cl)n2CCOC. The fraction of sp³-hybridized carbons (Fsp3) is 0.300. The number of methoxy groups -OCH3 is 1. The smallest absolute Gasteiger partial charge is 0.338 e. The maximum atomic E-state index is 13.3. The third-order valence-electron chi connectivity index (χ3n) is 4.12. The van der Waals surface area contributed by atoms with Crippen molar-refractivity contribution >= 4 is 40.4 Å². The summed E-state index contributed by atoms with van der Waals surface area (Å²) in [6, 6.07) is 9.69. The van der Waals surface area contributed by atoms with Crippen molar-refractivity contribution in [2.24, 2.45) is 0 Å². The van der Waals surface area contributed by atoms with E-state index >= 15 is 0 Å². The molecule has 0 radical (unpaired) electrons. The number of hydrogen-bond donors (Lipinski definition) is 0. The molecule has 0 N–H and O–H groups in total. The summed E-state index contributed by atoms with van der Waals surface area (Å²) < 4.78 is 25.6. The lowest BCUT2D eigenvalue weighted by Crippen LogP contribution is -2.06. The van der Waals surface area contributed by atoms with E-state index in [2.05, 4.69) is 4.98 Å². The summed E-state index contributed by atoms with van der Waals surface area (Å²) in [7, 11) is 1.64. The molecule has 0 amide bonds. The highest BCUT2D eigenvalue weighted by Gasteiger charge is 2.15. The minimum atomic E-state index is -0.372. The number of benzene rings is 2. The van der Waals surface area contributed by atoms with Crippen LogP contribution < -0.4 is 0 Å². The van der Waals surface area contributed by atoms with Crippen molar-refractivity contribution < 1.29 is 18.7 Å². The van der Waals surface area contributed by atoms with Crippen LogP contribution in [0.15, 0.2) is 41.6 Å². The Morgan fingerprint density at radius 1 is 1.29 bits per heavy atom. The zero-order valence-electron chi connectivity index (χ0n) is 15.6. The van der Waals surface area contributed by atoms with Crippen LogP contribution in [-0.4, -0.2) is 35.8 Å². The van der Waals surface area contributed by atoms with Crippen molar-refractivity contribution in [3.8, 4) is 0 Å². The molecule has 148 valence electrons. The second kappa shape index (κ2) is 9.41. The molecule has 0 fully saturated rings. The first-order chi connectivity index (χ1) is 13.5. The largest absolute Gasteiger partial charge is 0.462 e.